The van der Waals surface area contributed by atoms with Gasteiger partial charge in [-0.25, -0.2) is 18.7 Å². The highest BCUT2D eigenvalue weighted by Crippen LogP contribution is 2.30. The van der Waals surface area contributed by atoms with Crippen LogP contribution in [0.3, 0.4) is 0 Å². The Kier molecular flexibility index (Phi) is 7.88. The number of hydrogen-bond acceptors (Lipinski definition) is 6. The van der Waals surface area contributed by atoms with Crippen molar-refractivity contribution in [2.75, 3.05) is 6.54 Å². The van der Waals surface area contributed by atoms with Gasteiger partial charge in [-0.15, -0.1) is 0 Å². The van der Waals surface area contributed by atoms with Gasteiger partial charge >= 0.3 is 6.01 Å². The van der Waals surface area contributed by atoms with Crippen molar-refractivity contribution >= 4 is 40.0 Å². The number of ether oxygens (including phenoxy) is 1. The van der Waals surface area contributed by atoms with Gasteiger partial charge < -0.3 is 14.2 Å². The summed E-state index contributed by atoms with van der Waals surface area (Å²) in [5.74, 6) is -1.22. The zero-order valence-corrected chi connectivity index (χ0v) is 22.3. The fourth-order valence-electron chi connectivity index (χ4n) is 4.96. The highest BCUT2D eigenvalue weighted by molar-refractivity contribution is 6.30. The second-order valence-corrected chi connectivity index (χ2v) is 10.0. The summed E-state index contributed by atoms with van der Waals surface area (Å²) in [6.45, 7) is 0.975. The van der Waals surface area contributed by atoms with Gasteiger partial charge in [0.1, 0.15) is 24.3 Å². The van der Waals surface area contributed by atoms with Gasteiger partial charge in [0.25, 0.3) is 0 Å². The predicted molar refractivity (Wildman–Crippen MR) is 144 cm³/mol. The largest absolute Gasteiger partial charge is 0.424 e. The number of fused-ring (bicyclic) bond motifs is 1. The molecule has 0 N–H and O–H groups in total. The van der Waals surface area contributed by atoms with Crippen LogP contribution in [0.25, 0.3) is 10.9 Å². The van der Waals surface area contributed by atoms with E-state index in [9.17, 15) is 23.2 Å². The number of carbonyl (C=O) groups is 3. The molecule has 0 saturated carbocycles. The number of benzene rings is 2. The summed E-state index contributed by atoms with van der Waals surface area (Å²) in [4.78, 5) is 48.1. The van der Waals surface area contributed by atoms with Gasteiger partial charge in [-0.05, 0) is 43.2 Å². The number of Topliss-reactive ketones (excluding diaryl/α,β-unsaturated/α-hetero) is 2. The normalized spacial score (nSPS) is 16.9. The Hall–Kier alpha value is -4.18. The van der Waals surface area contributed by atoms with Crippen LogP contribution in [-0.2, 0) is 22.6 Å². The molecule has 1 aliphatic rings. The summed E-state index contributed by atoms with van der Waals surface area (Å²) in [6, 6.07) is 10.4. The molecule has 0 unspecified atom stereocenters. The molecule has 11 heteroatoms. The number of carbonyl (C=O) groups excluding carboxylic acids is 3. The van der Waals surface area contributed by atoms with E-state index >= 15 is 0 Å². The van der Waals surface area contributed by atoms with E-state index < -0.39 is 23.9 Å². The minimum atomic E-state index is -1.36. The number of aryl methyl sites for hydroxylation is 1. The number of rotatable bonds is 9. The lowest BCUT2D eigenvalue weighted by Gasteiger charge is -2.24. The highest BCUT2D eigenvalue weighted by atomic mass is 35.5. The Balaban J connectivity index is 1.36. The number of alkyl halides is 1. The average Bonchev–Trinajstić information content (AvgIpc) is 3.50. The number of amides is 1. The molecule has 0 spiro atoms. The molecule has 0 radical (unpaired) electrons. The molecule has 3 heterocycles. The molecule has 2 atom stereocenters. The maximum absolute atomic E-state index is 14.5. The van der Waals surface area contributed by atoms with Crippen LogP contribution in [0.4, 0.5) is 8.78 Å². The summed E-state index contributed by atoms with van der Waals surface area (Å²) in [5, 5.41) is 0.572. The van der Waals surface area contributed by atoms with Gasteiger partial charge in [-0.3, -0.25) is 14.4 Å². The fraction of sp³-hybridized carbons (Fsp3) is 0.276. The van der Waals surface area contributed by atoms with Crippen LogP contribution >= 0.6 is 11.6 Å². The molecule has 5 rings (SSSR count). The van der Waals surface area contributed by atoms with Crippen molar-refractivity contribution in [2.45, 2.75) is 44.9 Å². The molecular formula is C29H25ClF2N4O4. The SMILES string of the molecule is CC(=O)c1cn(CC(=O)N2C[C@H](F)C[C@H]2C(=O)CCc2cccc(Cl)c2F)c2cc(Oc3ncccn3)ccc12. The van der Waals surface area contributed by atoms with E-state index in [1.165, 1.54) is 36.4 Å². The Morgan fingerprint density at radius 1 is 1.12 bits per heavy atom. The van der Waals surface area contributed by atoms with E-state index in [1.54, 1.807) is 41.1 Å². The third-order valence-corrected chi connectivity index (χ3v) is 7.20. The van der Waals surface area contributed by atoms with Crippen LogP contribution in [0.15, 0.2) is 61.1 Å². The topological polar surface area (TPSA) is 94.4 Å². The minimum Gasteiger partial charge on any atom is -0.424 e. The lowest BCUT2D eigenvalue weighted by Crippen LogP contribution is -2.42. The molecule has 1 aliphatic heterocycles. The number of nitrogens with zero attached hydrogens (tertiary/aromatic N) is 4. The van der Waals surface area contributed by atoms with Crippen molar-refractivity contribution in [1.82, 2.24) is 19.4 Å². The van der Waals surface area contributed by atoms with E-state index in [0.29, 0.717) is 22.2 Å². The zero-order valence-electron chi connectivity index (χ0n) is 21.5. The highest BCUT2D eigenvalue weighted by Gasteiger charge is 2.39. The number of aromatic nitrogens is 3. The first-order valence-corrected chi connectivity index (χ1v) is 13.1. The molecular weight excluding hydrogens is 542 g/mol. The molecule has 1 saturated heterocycles. The zero-order chi connectivity index (χ0) is 28.4. The average molecular weight is 567 g/mol. The molecule has 1 amide bonds. The minimum absolute atomic E-state index is 0.0415. The molecule has 0 bridgehead atoms. The predicted octanol–water partition coefficient (Wildman–Crippen LogP) is 5.36. The molecule has 206 valence electrons. The van der Waals surface area contributed by atoms with Crippen molar-refractivity contribution in [3.63, 3.8) is 0 Å². The molecule has 8 nitrogen and oxygen atoms in total. The second kappa shape index (κ2) is 11.5. The lowest BCUT2D eigenvalue weighted by atomic mass is 10.0. The maximum Gasteiger partial charge on any atom is 0.321 e. The molecule has 2 aromatic heterocycles. The third kappa shape index (κ3) is 5.72. The quantitative estimate of drug-likeness (QED) is 0.253. The molecule has 0 aliphatic carbocycles. The van der Waals surface area contributed by atoms with E-state index in [2.05, 4.69) is 9.97 Å². The summed E-state index contributed by atoms with van der Waals surface area (Å²) >= 11 is 5.83. The van der Waals surface area contributed by atoms with Crippen LogP contribution in [-0.4, -0.2) is 55.7 Å². The Morgan fingerprint density at radius 2 is 1.90 bits per heavy atom. The maximum atomic E-state index is 14.5. The second-order valence-electron chi connectivity index (χ2n) is 9.61. The van der Waals surface area contributed by atoms with Crippen LogP contribution in [0.2, 0.25) is 5.02 Å². The smallest absolute Gasteiger partial charge is 0.321 e. The van der Waals surface area contributed by atoms with E-state index in [4.69, 9.17) is 16.3 Å². The number of likely N-dealkylation sites (tertiary alicyclic amines) is 1. The summed E-state index contributed by atoms with van der Waals surface area (Å²) in [6.07, 6.45) is 3.17. The van der Waals surface area contributed by atoms with E-state index in [0.717, 1.165) is 0 Å². The number of halogens is 3. The van der Waals surface area contributed by atoms with Crippen LogP contribution < -0.4 is 4.74 Å². The van der Waals surface area contributed by atoms with Crippen LogP contribution in [0.5, 0.6) is 11.8 Å². The van der Waals surface area contributed by atoms with Crippen molar-refractivity contribution in [3.8, 4) is 11.8 Å². The van der Waals surface area contributed by atoms with Crippen LogP contribution in [0.1, 0.15) is 35.7 Å². The number of ketones is 2. The van der Waals surface area contributed by atoms with Crippen LogP contribution in [0, 0.1) is 5.82 Å². The summed E-state index contributed by atoms with van der Waals surface area (Å²) < 4.78 is 36.0. The summed E-state index contributed by atoms with van der Waals surface area (Å²) in [7, 11) is 0. The first-order chi connectivity index (χ1) is 19.2. The van der Waals surface area contributed by atoms with Crippen molar-refractivity contribution in [2.24, 2.45) is 0 Å². The Bertz CT molecular complexity index is 1590. The van der Waals surface area contributed by atoms with E-state index in [1.807, 2.05) is 0 Å². The lowest BCUT2D eigenvalue weighted by molar-refractivity contribution is -0.138. The standard InChI is InChI=1S/C29H25ClF2N4O4/c1-17(37)22-15-35(24-13-20(7-8-21(22)24)40-29-33-10-3-11-34-29)16-27(39)36-14-19(31)12-25(36)26(38)9-6-18-4-2-5-23(30)28(18)32/h2-5,7-8,10-11,13,15,19,25H,6,9,12,14,16H2,1H3/t19-,25+/m1/s1. The van der Waals surface area contributed by atoms with Gasteiger partial charge in [-0.1, -0.05) is 23.7 Å². The summed E-state index contributed by atoms with van der Waals surface area (Å²) in [5.41, 5.74) is 1.23. The number of hydrogen-bond donors (Lipinski definition) is 0. The van der Waals surface area contributed by atoms with E-state index in [-0.39, 0.29) is 60.5 Å². The van der Waals surface area contributed by atoms with Gasteiger partial charge in [0.05, 0.1) is 23.1 Å². The molecule has 1 fully saturated rings. The first-order valence-electron chi connectivity index (χ1n) is 12.7. The molecule has 2 aromatic carbocycles. The Labute approximate surface area is 233 Å². The van der Waals surface area contributed by atoms with Crippen molar-refractivity contribution < 1.29 is 27.9 Å². The Morgan fingerprint density at radius 3 is 2.65 bits per heavy atom. The van der Waals surface area contributed by atoms with Gasteiger partial charge in [0.2, 0.25) is 5.91 Å². The molecule has 40 heavy (non-hydrogen) atoms. The van der Waals surface area contributed by atoms with Crippen molar-refractivity contribution in [1.29, 1.82) is 0 Å². The third-order valence-electron chi connectivity index (χ3n) is 6.90. The van der Waals surface area contributed by atoms with Gasteiger partial charge in [0.15, 0.2) is 11.6 Å². The van der Waals surface area contributed by atoms with Gasteiger partial charge in [0, 0.05) is 48.4 Å². The molecule has 4 aromatic rings. The van der Waals surface area contributed by atoms with Gasteiger partial charge in [-0.2, -0.15) is 0 Å². The van der Waals surface area contributed by atoms with Crippen molar-refractivity contribution in [3.05, 3.63) is 83.0 Å². The fourth-order valence-corrected chi connectivity index (χ4v) is 5.15. The monoisotopic (exact) mass is 566 g/mol. The first kappa shape index (κ1) is 27.4.